The van der Waals surface area contributed by atoms with Crippen LogP contribution in [0.5, 0.6) is 0 Å². The normalized spacial score (nSPS) is 12.5. The van der Waals surface area contributed by atoms with Crippen molar-refractivity contribution < 1.29 is 9.85 Å². The van der Waals surface area contributed by atoms with Crippen LogP contribution in [0.4, 0.5) is 0 Å². The number of nitro groups is 2. The molecule has 0 rings (SSSR count). The van der Waals surface area contributed by atoms with Crippen molar-refractivity contribution in [2.24, 2.45) is 0 Å². The van der Waals surface area contributed by atoms with E-state index in [1.54, 1.807) is 0 Å². The third-order valence-corrected chi connectivity index (χ3v) is 2.10. The molecule has 0 fully saturated rings. The Morgan fingerprint density at radius 3 is 1.40 bits per heavy atom. The Bertz CT molecular complexity index is 237. The average Bonchev–Trinajstić information content (AvgIpc) is 2.02. The van der Waals surface area contributed by atoms with Crippen LogP contribution in [0.3, 0.4) is 0 Å². The van der Waals surface area contributed by atoms with Crippen molar-refractivity contribution in [1.82, 2.24) is 5.32 Å². The summed E-state index contributed by atoms with van der Waals surface area (Å²) in [6, 6.07) is 0. The van der Waals surface area contributed by atoms with E-state index < -0.39 is 20.9 Å². The van der Waals surface area contributed by atoms with Gasteiger partial charge in [0.2, 0.25) is 11.1 Å². The number of rotatable bonds is 6. The van der Waals surface area contributed by atoms with E-state index in [-0.39, 0.29) is 13.1 Å². The quantitative estimate of drug-likeness (QED) is 0.523. The Labute approximate surface area is 88.1 Å². The van der Waals surface area contributed by atoms with Crippen LogP contribution in [0.15, 0.2) is 0 Å². The fraction of sp³-hybridized carbons (Fsp3) is 1.00. The van der Waals surface area contributed by atoms with Crippen LogP contribution in [-0.2, 0) is 0 Å². The van der Waals surface area contributed by atoms with Crippen LogP contribution in [-0.4, -0.2) is 34.0 Å². The van der Waals surface area contributed by atoms with E-state index in [0.29, 0.717) is 0 Å². The van der Waals surface area contributed by atoms with Crippen molar-refractivity contribution in [3.05, 3.63) is 20.2 Å². The molecule has 0 atom stereocenters. The van der Waals surface area contributed by atoms with Crippen LogP contribution in [0.2, 0.25) is 0 Å². The molecule has 0 heterocycles. The molecule has 0 radical (unpaired) electrons. The summed E-state index contributed by atoms with van der Waals surface area (Å²) >= 11 is 0. The molecule has 0 amide bonds. The zero-order chi connectivity index (χ0) is 12.3. The van der Waals surface area contributed by atoms with Gasteiger partial charge in [-0.15, -0.1) is 0 Å². The van der Waals surface area contributed by atoms with Gasteiger partial charge in [-0.3, -0.25) is 20.2 Å². The van der Waals surface area contributed by atoms with E-state index in [4.69, 9.17) is 0 Å². The van der Waals surface area contributed by atoms with Crippen molar-refractivity contribution in [3.63, 3.8) is 0 Å². The second-order valence-corrected chi connectivity index (χ2v) is 4.74. The predicted molar refractivity (Wildman–Crippen MR) is 55.0 cm³/mol. The summed E-state index contributed by atoms with van der Waals surface area (Å²) in [5.74, 6) is 0. The molecule has 0 aromatic heterocycles. The van der Waals surface area contributed by atoms with Gasteiger partial charge in [0.25, 0.3) is 0 Å². The van der Waals surface area contributed by atoms with Crippen LogP contribution >= 0.6 is 0 Å². The predicted octanol–water partition coefficient (Wildman–Crippen LogP) is 0.687. The number of nitrogens with one attached hydrogen (secondary N) is 1. The molecule has 0 aromatic rings. The molecule has 7 nitrogen and oxygen atoms in total. The maximum atomic E-state index is 10.5. The third-order valence-electron chi connectivity index (χ3n) is 2.10. The highest BCUT2D eigenvalue weighted by molar-refractivity contribution is 4.75. The van der Waals surface area contributed by atoms with Crippen LogP contribution < -0.4 is 5.32 Å². The van der Waals surface area contributed by atoms with Gasteiger partial charge in [-0.25, -0.2) is 0 Å². The Morgan fingerprint density at radius 2 is 1.20 bits per heavy atom. The maximum Gasteiger partial charge on any atom is 0.229 e. The Morgan fingerprint density at radius 1 is 0.933 bits per heavy atom. The van der Waals surface area contributed by atoms with E-state index in [9.17, 15) is 20.2 Å². The van der Waals surface area contributed by atoms with Gasteiger partial charge in [-0.2, -0.15) is 0 Å². The van der Waals surface area contributed by atoms with Gasteiger partial charge in [0.15, 0.2) is 0 Å². The molecule has 7 heteroatoms. The summed E-state index contributed by atoms with van der Waals surface area (Å²) in [5.41, 5.74) is -2.21. The standard InChI is InChI=1S/C8H17N3O4/c1-7(2,10(12)13)5-9-6-8(3,4)11(14)15/h9H,5-6H2,1-4H3. The fourth-order valence-electron chi connectivity index (χ4n) is 0.803. The first-order valence-electron chi connectivity index (χ1n) is 4.59. The van der Waals surface area contributed by atoms with Crippen molar-refractivity contribution >= 4 is 0 Å². The summed E-state index contributed by atoms with van der Waals surface area (Å²) in [6.07, 6.45) is 0. The zero-order valence-electron chi connectivity index (χ0n) is 9.44. The maximum absolute atomic E-state index is 10.5. The molecule has 0 bridgehead atoms. The minimum absolute atomic E-state index is 0.108. The average molecular weight is 219 g/mol. The van der Waals surface area contributed by atoms with Gasteiger partial charge in [0.1, 0.15) is 0 Å². The molecule has 15 heavy (non-hydrogen) atoms. The van der Waals surface area contributed by atoms with Gasteiger partial charge in [0.05, 0.1) is 13.1 Å². The van der Waals surface area contributed by atoms with E-state index in [2.05, 4.69) is 5.32 Å². The lowest BCUT2D eigenvalue weighted by molar-refractivity contribution is -0.563. The van der Waals surface area contributed by atoms with Crippen molar-refractivity contribution in [1.29, 1.82) is 0 Å². The first-order valence-corrected chi connectivity index (χ1v) is 4.59. The van der Waals surface area contributed by atoms with Crippen molar-refractivity contribution in [2.75, 3.05) is 13.1 Å². The van der Waals surface area contributed by atoms with Crippen LogP contribution in [0, 0.1) is 20.2 Å². The molecule has 1 N–H and O–H groups in total. The third kappa shape index (κ3) is 4.20. The fourth-order valence-corrected chi connectivity index (χ4v) is 0.803. The van der Waals surface area contributed by atoms with Gasteiger partial charge in [0, 0.05) is 37.5 Å². The minimum Gasteiger partial charge on any atom is -0.304 e. The topological polar surface area (TPSA) is 98.3 Å². The van der Waals surface area contributed by atoms with Crippen LogP contribution in [0.1, 0.15) is 27.7 Å². The molecule has 0 spiro atoms. The van der Waals surface area contributed by atoms with E-state index in [1.807, 2.05) is 0 Å². The van der Waals surface area contributed by atoms with Gasteiger partial charge in [-0.1, -0.05) is 0 Å². The molecule has 0 aromatic carbocycles. The largest absolute Gasteiger partial charge is 0.304 e. The van der Waals surface area contributed by atoms with Crippen molar-refractivity contribution in [3.8, 4) is 0 Å². The Hall–Kier alpha value is -1.24. The van der Waals surface area contributed by atoms with Crippen LogP contribution in [0.25, 0.3) is 0 Å². The Kier molecular flexibility index (Phi) is 4.15. The van der Waals surface area contributed by atoms with E-state index >= 15 is 0 Å². The monoisotopic (exact) mass is 219 g/mol. The smallest absolute Gasteiger partial charge is 0.229 e. The number of hydrogen-bond donors (Lipinski definition) is 1. The van der Waals surface area contributed by atoms with E-state index in [1.165, 1.54) is 27.7 Å². The lowest BCUT2D eigenvalue weighted by atomic mass is 10.0. The van der Waals surface area contributed by atoms with Gasteiger partial charge >= 0.3 is 0 Å². The molecule has 0 saturated carbocycles. The molecule has 88 valence electrons. The second kappa shape index (κ2) is 4.52. The highest BCUT2D eigenvalue weighted by atomic mass is 16.6. The van der Waals surface area contributed by atoms with Gasteiger partial charge < -0.3 is 5.32 Å². The summed E-state index contributed by atoms with van der Waals surface area (Å²) in [7, 11) is 0. The van der Waals surface area contributed by atoms with Gasteiger partial charge in [-0.05, 0) is 0 Å². The SMILES string of the molecule is CC(C)(CNCC(C)(C)[N+](=O)[O-])[N+](=O)[O-]. The molecule has 0 aliphatic carbocycles. The summed E-state index contributed by atoms with van der Waals surface area (Å²) in [4.78, 5) is 20.3. The van der Waals surface area contributed by atoms with E-state index in [0.717, 1.165) is 0 Å². The second-order valence-electron chi connectivity index (χ2n) is 4.74. The number of nitrogens with zero attached hydrogens (tertiary/aromatic N) is 2. The number of hydrogen-bond acceptors (Lipinski definition) is 5. The molecule has 0 saturated heterocycles. The first kappa shape index (κ1) is 13.8. The molecular formula is C8H17N3O4. The molecule has 0 unspecified atom stereocenters. The molecule has 0 aliphatic rings. The lowest BCUT2D eigenvalue weighted by Crippen LogP contribution is -2.48. The summed E-state index contributed by atoms with van der Waals surface area (Å²) in [5, 5.41) is 23.8. The Balaban J connectivity index is 4.11. The lowest BCUT2D eigenvalue weighted by Gasteiger charge is -2.20. The minimum atomic E-state index is -1.10. The summed E-state index contributed by atoms with van der Waals surface area (Å²) in [6.45, 7) is 6.10. The molecular weight excluding hydrogens is 202 g/mol. The van der Waals surface area contributed by atoms with Crippen molar-refractivity contribution in [2.45, 2.75) is 38.8 Å². The summed E-state index contributed by atoms with van der Waals surface area (Å²) < 4.78 is 0. The molecule has 0 aliphatic heterocycles. The highest BCUT2D eigenvalue weighted by Gasteiger charge is 2.34. The zero-order valence-corrected chi connectivity index (χ0v) is 9.44. The highest BCUT2D eigenvalue weighted by Crippen LogP contribution is 2.08. The first-order chi connectivity index (χ1) is 6.59.